The van der Waals surface area contributed by atoms with Crippen molar-refractivity contribution in [3.8, 4) is 56.4 Å². The largest absolute Gasteiger partial charge is 0.443 e. The summed E-state index contributed by atoms with van der Waals surface area (Å²) in [5, 5.41) is 0. The van der Waals surface area contributed by atoms with Gasteiger partial charge in [-0.2, -0.15) is 0 Å². The summed E-state index contributed by atoms with van der Waals surface area (Å²) in [5.41, 5.74) is 10.6. The van der Waals surface area contributed by atoms with Crippen LogP contribution in [0, 0.1) is 11.8 Å². The normalized spacial score (nSPS) is 18.7. The summed E-state index contributed by atoms with van der Waals surface area (Å²) in [4.78, 5) is 19.5. The van der Waals surface area contributed by atoms with E-state index in [1.54, 1.807) is 6.39 Å². The second-order valence-corrected chi connectivity index (χ2v) is 12.7. The number of nitrogens with zero attached hydrogens (tertiary/aromatic N) is 4. The SMILES string of the molecule is c1ccc(-c2nc(-c3ccccc3)nc(-c3cccc(-c4cccc(-c5ccc(C6CC7CCC6C7)c6ocnc56)c4)c3)n2)cc1. The van der Waals surface area contributed by atoms with Gasteiger partial charge in [-0.15, -0.1) is 0 Å². The molecule has 2 aromatic heterocycles. The van der Waals surface area contributed by atoms with Gasteiger partial charge in [0.05, 0.1) is 0 Å². The van der Waals surface area contributed by atoms with E-state index in [0.717, 1.165) is 61.9 Å². The average Bonchev–Trinajstić information content (AvgIpc) is 3.91. The smallest absolute Gasteiger partial charge is 0.182 e. The molecule has 3 atom stereocenters. The molecule has 222 valence electrons. The Hall–Kier alpha value is -5.42. The Labute approximate surface area is 268 Å². The zero-order valence-electron chi connectivity index (χ0n) is 25.4. The molecule has 5 heteroatoms. The first kappa shape index (κ1) is 26.9. The summed E-state index contributed by atoms with van der Waals surface area (Å²) in [5.74, 6) is 4.22. The average molecular weight is 597 g/mol. The lowest BCUT2D eigenvalue weighted by molar-refractivity contribution is 0.418. The second kappa shape index (κ2) is 11.2. The van der Waals surface area contributed by atoms with Crippen LogP contribution in [-0.4, -0.2) is 19.9 Å². The maximum absolute atomic E-state index is 6.06. The number of rotatable bonds is 6. The Balaban J connectivity index is 1.09. The molecule has 2 saturated carbocycles. The van der Waals surface area contributed by atoms with Gasteiger partial charge in [-0.25, -0.2) is 19.9 Å². The zero-order valence-corrected chi connectivity index (χ0v) is 25.4. The molecule has 2 bridgehead atoms. The van der Waals surface area contributed by atoms with Gasteiger partial charge in [0, 0.05) is 27.8 Å². The third-order valence-corrected chi connectivity index (χ3v) is 9.98. The molecule has 0 radical (unpaired) electrons. The van der Waals surface area contributed by atoms with Crippen molar-refractivity contribution >= 4 is 11.1 Å². The van der Waals surface area contributed by atoms with E-state index in [-0.39, 0.29) is 0 Å². The molecule has 2 fully saturated rings. The molecule has 46 heavy (non-hydrogen) atoms. The van der Waals surface area contributed by atoms with Gasteiger partial charge in [0.25, 0.3) is 0 Å². The molecular weight excluding hydrogens is 564 g/mol. The minimum Gasteiger partial charge on any atom is -0.443 e. The van der Waals surface area contributed by atoms with Crippen LogP contribution in [0.4, 0.5) is 0 Å². The summed E-state index contributed by atoms with van der Waals surface area (Å²) >= 11 is 0. The lowest BCUT2D eigenvalue weighted by Crippen LogP contribution is -2.08. The number of fused-ring (bicyclic) bond motifs is 3. The molecule has 0 amide bonds. The standard InChI is InChI=1S/C41H32N4O/c1-3-9-27(10-4-1)39-43-40(28-11-5-2-6-12-28)45-41(44-39)33-16-8-14-30(24-33)29-13-7-15-31(23-29)34-19-20-35(38-37(34)42-25-46-38)36-22-26-17-18-32(36)21-26/h1-16,19-20,23-26,32,36H,17-18,21-22H2. The molecule has 3 unspecified atom stereocenters. The van der Waals surface area contributed by atoms with Gasteiger partial charge in [0.15, 0.2) is 29.4 Å². The molecule has 9 rings (SSSR count). The highest BCUT2D eigenvalue weighted by Gasteiger charge is 2.41. The van der Waals surface area contributed by atoms with Crippen LogP contribution in [0.15, 0.2) is 132 Å². The summed E-state index contributed by atoms with van der Waals surface area (Å²) < 4.78 is 6.06. The molecule has 5 nitrogen and oxygen atoms in total. The predicted molar refractivity (Wildman–Crippen MR) is 183 cm³/mol. The van der Waals surface area contributed by atoms with Crippen molar-refractivity contribution in [2.24, 2.45) is 11.8 Å². The molecular formula is C41H32N4O. The molecule has 0 N–H and O–H groups in total. The van der Waals surface area contributed by atoms with Gasteiger partial charge >= 0.3 is 0 Å². The number of benzene rings is 5. The van der Waals surface area contributed by atoms with Crippen molar-refractivity contribution in [1.82, 2.24) is 19.9 Å². The maximum atomic E-state index is 6.06. The van der Waals surface area contributed by atoms with Crippen LogP contribution in [0.25, 0.3) is 67.5 Å². The van der Waals surface area contributed by atoms with Crippen molar-refractivity contribution < 1.29 is 4.42 Å². The predicted octanol–water partition coefficient (Wildman–Crippen LogP) is 10.3. The molecule has 2 aliphatic rings. The van der Waals surface area contributed by atoms with Crippen molar-refractivity contribution in [3.05, 3.63) is 133 Å². The Morgan fingerprint density at radius 2 is 1.11 bits per heavy atom. The fourth-order valence-electron chi connectivity index (χ4n) is 7.76. The summed E-state index contributed by atoms with van der Waals surface area (Å²) in [6.07, 6.45) is 7.00. The molecule has 0 saturated heterocycles. The fraction of sp³-hybridized carbons (Fsp3) is 0.171. The summed E-state index contributed by atoms with van der Waals surface area (Å²) in [6, 6.07) is 41.9. The van der Waals surface area contributed by atoms with E-state index in [1.165, 1.54) is 31.2 Å². The van der Waals surface area contributed by atoms with Gasteiger partial charge in [-0.05, 0) is 65.8 Å². The first-order valence-corrected chi connectivity index (χ1v) is 16.2. The summed E-state index contributed by atoms with van der Waals surface area (Å²) in [7, 11) is 0. The molecule has 0 aliphatic heterocycles. The Bertz CT molecular complexity index is 2130. The third kappa shape index (κ3) is 4.80. The second-order valence-electron chi connectivity index (χ2n) is 12.7. The quantitative estimate of drug-likeness (QED) is 0.191. The monoisotopic (exact) mass is 596 g/mol. The van der Waals surface area contributed by atoms with Crippen LogP contribution >= 0.6 is 0 Å². The van der Waals surface area contributed by atoms with E-state index < -0.39 is 0 Å². The third-order valence-electron chi connectivity index (χ3n) is 9.98. The van der Waals surface area contributed by atoms with Crippen LogP contribution in [0.1, 0.15) is 37.2 Å². The minimum atomic E-state index is 0.595. The minimum absolute atomic E-state index is 0.595. The first-order valence-electron chi connectivity index (χ1n) is 16.2. The number of aromatic nitrogens is 4. The van der Waals surface area contributed by atoms with Crippen LogP contribution in [0.3, 0.4) is 0 Å². The van der Waals surface area contributed by atoms with Crippen molar-refractivity contribution in [2.45, 2.75) is 31.6 Å². The Kier molecular flexibility index (Phi) is 6.55. The van der Waals surface area contributed by atoms with Gasteiger partial charge in [0.2, 0.25) is 0 Å². The van der Waals surface area contributed by atoms with E-state index in [9.17, 15) is 0 Å². The van der Waals surface area contributed by atoms with Crippen LogP contribution in [0.5, 0.6) is 0 Å². The van der Waals surface area contributed by atoms with E-state index >= 15 is 0 Å². The highest BCUT2D eigenvalue weighted by Crippen LogP contribution is 2.54. The van der Waals surface area contributed by atoms with E-state index in [2.05, 4.69) is 60.7 Å². The van der Waals surface area contributed by atoms with Gasteiger partial charge in [-0.3, -0.25) is 0 Å². The first-order chi connectivity index (χ1) is 22.8. The topological polar surface area (TPSA) is 64.7 Å². The van der Waals surface area contributed by atoms with Crippen molar-refractivity contribution in [1.29, 1.82) is 0 Å². The van der Waals surface area contributed by atoms with Gasteiger partial charge < -0.3 is 4.42 Å². The van der Waals surface area contributed by atoms with E-state index in [0.29, 0.717) is 23.4 Å². The van der Waals surface area contributed by atoms with Crippen molar-refractivity contribution in [2.75, 3.05) is 0 Å². The number of oxazole rings is 1. The van der Waals surface area contributed by atoms with Crippen LogP contribution < -0.4 is 0 Å². The Morgan fingerprint density at radius 1 is 0.522 bits per heavy atom. The van der Waals surface area contributed by atoms with Crippen molar-refractivity contribution in [3.63, 3.8) is 0 Å². The fourth-order valence-corrected chi connectivity index (χ4v) is 7.76. The summed E-state index contributed by atoms with van der Waals surface area (Å²) in [6.45, 7) is 0. The van der Waals surface area contributed by atoms with Gasteiger partial charge in [-0.1, -0.05) is 116 Å². The van der Waals surface area contributed by atoms with Crippen LogP contribution in [-0.2, 0) is 0 Å². The molecule has 2 aliphatic carbocycles. The van der Waals surface area contributed by atoms with Gasteiger partial charge in [0.1, 0.15) is 5.52 Å². The lowest BCUT2D eigenvalue weighted by Gasteiger charge is -2.22. The van der Waals surface area contributed by atoms with Crippen LogP contribution in [0.2, 0.25) is 0 Å². The zero-order chi connectivity index (χ0) is 30.5. The number of hydrogen-bond donors (Lipinski definition) is 0. The molecule has 5 aromatic carbocycles. The molecule has 7 aromatic rings. The number of hydrogen-bond acceptors (Lipinski definition) is 5. The lowest BCUT2D eigenvalue weighted by atomic mass is 9.82. The van der Waals surface area contributed by atoms with E-state index in [4.69, 9.17) is 24.4 Å². The highest BCUT2D eigenvalue weighted by atomic mass is 16.3. The van der Waals surface area contributed by atoms with E-state index in [1.807, 2.05) is 60.7 Å². The highest BCUT2D eigenvalue weighted by molar-refractivity contribution is 5.93. The molecule has 0 spiro atoms. The molecule has 2 heterocycles. The maximum Gasteiger partial charge on any atom is 0.182 e. The Morgan fingerprint density at radius 3 is 1.74 bits per heavy atom.